The van der Waals surface area contributed by atoms with Gasteiger partial charge in [0.2, 0.25) is 0 Å². The highest BCUT2D eigenvalue weighted by molar-refractivity contribution is 7.20. The van der Waals surface area contributed by atoms with Crippen LogP contribution in [0.5, 0.6) is 0 Å². The molecule has 27 heavy (non-hydrogen) atoms. The van der Waals surface area contributed by atoms with Crippen molar-refractivity contribution in [2.45, 2.75) is 6.42 Å². The second-order valence-electron chi connectivity index (χ2n) is 6.66. The predicted octanol–water partition coefficient (Wildman–Crippen LogP) is 6.80. The molecule has 6 rings (SSSR count). The Morgan fingerprint density at radius 1 is 0.556 bits per heavy atom. The van der Waals surface area contributed by atoms with Gasteiger partial charge in [0, 0.05) is 10.8 Å². The smallest absolute Gasteiger partial charge is 0.101 e. The second-order valence-corrected chi connectivity index (χ2v) is 8.89. The fraction of sp³-hybridized carbons (Fsp3) is 0.0435. The van der Waals surface area contributed by atoms with Crippen LogP contribution in [0, 0.1) is 0 Å². The van der Waals surface area contributed by atoms with Crippen LogP contribution >= 0.6 is 22.7 Å². The van der Waals surface area contributed by atoms with Crippen LogP contribution in [0.1, 0.15) is 10.0 Å². The summed E-state index contributed by atoms with van der Waals surface area (Å²) < 4.78 is 2.49. The zero-order valence-electron chi connectivity index (χ0n) is 14.3. The molecule has 2 aromatic heterocycles. The maximum Gasteiger partial charge on any atom is 0.101 e. The predicted molar refractivity (Wildman–Crippen MR) is 117 cm³/mol. The number of hydrogen-bond donors (Lipinski definition) is 0. The summed E-state index contributed by atoms with van der Waals surface area (Å²) in [7, 11) is 0. The van der Waals surface area contributed by atoms with Gasteiger partial charge in [-0.1, -0.05) is 60.7 Å². The summed E-state index contributed by atoms with van der Waals surface area (Å²) in [6.45, 7) is 0. The molecular weight excluding hydrogens is 368 g/mol. The van der Waals surface area contributed by atoms with Crippen LogP contribution < -0.4 is 0 Å². The second kappa shape index (κ2) is 5.84. The summed E-state index contributed by atoms with van der Waals surface area (Å²) in [5.74, 6) is 0. The summed E-state index contributed by atoms with van der Waals surface area (Å²) in [6.07, 6.45) is 0.793. The first-order valence-electron chi connectivity index (χ1n) is 8.89. The fourth-order valence-corrected chi connectivity index (χ4v) is 5.76. The van der Waals surface area contributed by atoms with E-state index in [0.29, 0.717) is 0 Å². The van der Waals surface area contributed by atoms with Crippen molar-refractivity contribution in [2.24, 2.45) is 0 Å². The number of rotatable bonds is 2. The van der Waals surface area contributed by atoms with Crippen LogP contribution in [0.2, 0.25) is 0 Å². The van der Waals surface area contributed by atoms with Crippen LogP contribution in [0.25, 0.3) is 42.0 Å². The Balaban J connectivity index is 1.47. The Hall–Kier alpha value is -2.82. The Morgan fingerprint density at radius 3 is 1.56 bits per heavy atom. The van der Waals surface area contributed by atoms with E-state index in [0.717, 1.165) is 27.5 Å². The average molecular weight is 383 g/mol. The van der Waals surface area contributed by atoms with E-state index in [9.17, 15) is 0 Å². The van der Waals surface area contributed by atoms with Gasteiger partial charge in [0.1, 0.15) is 10.0 Å². The fourth-order valence-electron chi connectivity index (χ4n) is 3.70. The van der Waals surface area contributed by atoms with Gasteiger partial charge >= 0.3 is 0 Å². The molecule has 4 heteroatoms. The molecule has 0 aliphatic rings. The molecule has 2 nitrogen and oxygen atoms in total. The third-order valence-corrected chi connectivity index (χ3v) is 7.00. The van der Waals surface area contributed by atoms with Gasteiger partial charge in [0.15, 0.2) is 0 Å². The number of benzene rings is 4. The number of thiazole rings is 2. The van der Waals surface area contributed by atoms with E-state index in [4.69, 9.17) is 9.97 Å². The largest absolute Gasteiger partial charge is 0.240 e. The van der Waals surface area contributed by atoms with E-state index in [1.54, 1.807) is 22.7 Å². The quantitative estimate of drug-likeness (QED) is 0.329. The van der Waals surface area contributed by atoms with E-state index < -0.39 is 0 Å². The van der Waals surface area contributed by atoms with Gasteiger partial charge in [0.25, 0.3) is 0 Å². The Bertz CT molecular complexity index is 1350. The maximum absolute atomic E-state index is 4.95. The van der Waals surface area contributed by atoms with Crippen molar-refractivity contribution in [3.05, 3.63) is 82.8 Å². The highest BCUT2D eigenvalue weighted by Crippen LogP contribution is 2.33. The lowest BCUT2D eigenvalue weighted by Crippen LogP contribution is -1.85. The van der Waals surface area contributed by atoms with Gasteiger partial charge in [-0.15, -0.1) is 22.7 Å². The SMILES string of the molecule is c1ccc2c(c1)ccc1sc(Cc3nc4c(ccc5ccccc54)s3)nc12. The molecule has 4 aromatic carbocycles. The monoisotopic (exact) mass is 382 g/mol. The van der Waals surface area contributed by atoms with Gasteiger partial charge in [-0.3, -0.25) is 0 Å². The third kappa shape index (κ3) is 2.45. The van der Waals surface area contributed by atoms with Crippen molar-refractivity contribution in [3.63, 3.8) is 0 Å². The lowest BCUT2D eigenvalue weighted by molar-refractivity contribution is 1.13. The highest BCUT2D eigenvalue weighted by Gasteiger charge is 2.12. The topological polar surface area (TPSA) is 25.8 Å². The summed E-state index contributed by atoms with van der Waals surface area (Å²) in [4.78, 5) is 9.91. The van der Waals surface area contributed by atoms with Crippen molar-refractivity contribution in [1.29, 1.82) is 0 Å². The molecule has 128 valence electrons. The first-order chi connectivity index (χ1) is 13.3. The minimum absolute atomic E-state index is 0.793. The molecule has 0 saturated heterocycles. The third-order valence-electron chi connectivity index (χ3n) is 4.96. The van der Waals surface area contributed by atoms with Gasteiger partial charge in [-0.05, 0) is 22.9 Å². The standard InChI is InChI=1S/C23H14N2S2/c1-3-7-16-14(5-1)9-11-18-22(16)24-20(26-18)13-21-25-23-17-8-4-2-6-15(17)10-12-19(23)27-21/h1-12H,13H2. The van der Waals surface area contributed by atoms with E-state index in [1.807, 2.05) is 0 Å². The number of hydrogen-bond acceptors (Lipinski definition) is 4. The first kappa shape index (κ1) is 15.3. The number of nitrogens with zero attached hydrogens (tertiary/aromatic N) is 2. The van der Waals surface area contributed by atoms with Crippen molar-refractivity contribution in [2.75, 3.05) is 0 Å². The van der Waals surface area contributed by atoms with Gasteiger partial charge in [0.05, 0.1) is 26.9 Å². The molecular formula is C23H14N2S2. The molecule has 0 fully saturated rings. The van der Waals surface area contributed by atoms with Crippen molar-refractivity contribution in [3.8, 4) is 0 Å². The molecule has 0 bridgehead atoms. The molecule has 0 atom stereocenters. The molecule has 6 aromatic rings. The molecule has 0 aliphatic heterocycles. The summed E-state index contributed by atoms with van der Waals surface area (Å²) in [5, 5.41) is 7.21. The molecule has 0 radical (unpaired) electrons. The maximum atomic E-state index is 4.95. The minimum Gasteiger partial charge on any atom is -0.240 e. The van der Waals surface area contributed by atoms with Gasteiger partial charge in [-0.2, -0.15) is 0 Å². The Morgan fingerprint density at radius 2 is 1.04 bits per heavy atom. The van der Waals surface area contributed by atoms with Gasteiger partial charge in [-0.25, -0.2) is 9.97 Å². The molecule has 0 amide bonds. The number of fused-ring (bicyclic) bond motifs is 6. The zero-order valence-corrected chi connectivity index (χ0v) is 16.0. The summed E-state index contributed by atoms with van der Waals surface area (Å²) in [6, 6.07) is 25.7. The molecule has 2 heterocycles. The molecule has 0 spiro atoms. The number of aromatic nitrogens is 2. The molecule has 0 N–H and O–H groups in total. The molecule has 0 saturated carbocycles. The van der Waals surface area contributed by atoms with Crippen LogP contribution in [-0.2, 0) is 6.42 Å². The Labute approximate surface area is 163 Å². The summed E-state index contributed by atoms with van der Waals surface area (Å²) in [5.41, 5.74) is 2.22. The van der Waals surface area contributed by atoms with E-state index >= 15 is 0 Å². The minimum atomic E-state index is 0.793. The Kier molecular flexibility index (Phi) is 3.30. The lowest BCUT2D eigenvalue weighted by Gasteiger charge is -1.96. The van der Waals surface area contributed by atoms with Crippen LogP contribution in [0.15, 0.2) is 72.8 Å². The van der Waals surface area contributed by atoms with E-state index in [2.05, 4.69) is 72.8 Å². The average Bonchev–Trinajstić information content (AvgIpc) is 3.31. The highest BCUT2D eigenvalue weighted by atomic mass is 32.1. The molecule has 0 unspecified atom stereocenters. The lowest BCUT2D eigenvalue weighted by atomic mass is 10.1. The van der Waals surface area contributed by atoms with E-state index in [1.165, 1.54) is 30.9 Å². The van der Waals surface area contributed by atoms with Crippen LogP contribution in [0.4, 0.5) is 0 Å². The molecule has 0 aliphatic carbocycles. The van der Waals surface area contributed by atoms with E-state index in [-0.39, 0.29) is 0 Å². The van der Waals surface area contributed by atoms with Gasteiger partial charge < -0.3 is 0 Å². The zero-order chi connectivity index (χ0) is 17.8. The normalized spacial score (nSPS) is 11.9. The van der Waals surface area contributed by atoms with Crippen molar-refractivity contribution in [1.82, 2.24) is 9.97 Å². The van der Waals surface area contributed by atoms with Crippen molar-refractivity contribution < 1.29 is 0 Å². The first-order valence-corrected chi connectivity index (χ1v) is 10.5. The summed E-state index contributed by atoms with van der Waals surface area (Å²) >= 11 is 3.55. The van der Waals surface area contributed by atoms with Crippen LogP contribution in [0.3, 0.4) is 0 Å². The van der Waals surface area contributed by atoms with Crippen molar-refractivity contribution >= 4 is 64.7 Å². The van der Waals surface area contributed by atoms with Crippen LogP contribution in [-0.4, -0.2) is 9.97 Å².